The third kappa shape index (κ3) is 6.07. The standard InChI is InChI=1S/C36H27F7O/c1-3-5-21-6-11-23(12-7-21)24-13-8-22(9-14-24)10-15-25-16-18-27(32(37)31(25)36(41,42)43)28-20-26-17-19-29(44-4-2)34(39)30(26)35(40)33(28)38/h6-20H,3-5H2,1-2H3. The average molecular weight is 609 g/mol. The van der Waals surface area contributed by atoms with Crippen molar-refractivity contribution in [1.29, 1.82) is 0 Å². The van der Waals surface area contributed by atoms with Crippen molar-refractivity contribution in [3.63, 3.8) is 0 Å². The molecule has 0 N–H and O–H groups in total. The molecule has 0 aliphatic carbocycles. The summed E-state index contributed by atoms with van der Waals surface area (Å²) in [6, 6.07) is 20.5. The number of halogens is 7. The third-order valence-electron chi connectivity index (χ3n) is 7.33. The van der Waals surface area contributed by atoms with E-state index in [4.69, 9.17) is 4.74 Å². The first-order chi connectivity index (χ1) is 21.0. The maximum Gasteiger partial charge on any atom is 0.419 e. The highest BCUT2D eigenvalue weighted by molar-refractivity contribution is 5.90. The number of fused-ring (bicyclic) bond motifs is 1. The molecule has 0 aliphatic heterocycles. The highest BCUT2D eigenvalue weighted by atomic mass is 19.4. The fraction of sp³-hybridized carbons (Fsp3) is 0.167. The van der Waals surface area contributed by atoms with Gasteiger partial charge in [0, 0.05) is 11.1 Å². The van der Waals surface area contributed by atoms with Crippen molar-refractivity contribution in [2.24, 2.45) is 0 Å². The normalized spacial score (nSPS) is 11.9. The van der Waals surface area contributed by atoms with E-state index in [9.17, 15) is 17.6 Å². The van der Waals surface area contributed by atoms with Gasteiger partial charge in [0.05, 0.1) is 17.6 Å². The summed E-state index contributed by atoms with van der Waals surface area (Å²) >= 11 is 0. The van der Waals surface area contributed by atoms with Crippen LogP contribution in [0.3, 0.4) is 0 Å². The second kappa shape index (κ2) is 12.6. The second-order valence-corrected chi connectivity index (χ2v) is 10.3. The molecule has 8 heteroatoms. The van der Waals surface area contributed by atoms with Gasteiger partial charge in [-0.25, -0.2) is 17.6 Å². The second-order valence-electron chi connectivity index (χ2n) is 10.3. The Morgan fingerprint density at radius 2 is 1.32 bits per heavy atom. The Bertz CT molecular complexity index is 1840. The van der Waals surface area contributed by atoms with Gasteiger partial charge in [-0.3, -0.25) is 0 Å². The Morgan fingerprint density at radius 1 is 0.659 bits per heavy atom. The molecule has 0 saturated carbocycles. The zero-order valence-corrected chi connectivity index (χ0v) is 23.8. The minimum atomic E-state index is -5.15. The molecule has 0 bridgehead atoms. The van der Waals surface area contributed by atoms with E-state index < -0.39 is 57.1 Å². The van der Waals surface area contributed by atoms with E-state index in [2.05, 4.69) is 19.1 Å². The fourth-order valence-electron chi connectivity index (χ4n) is 5.18. The van der Waals surface area contributed by atoms with Gasteiger partial charge in [0.1, 0.15) is 5.82 Å². The van der Waals surface area contributed by atoms with E-state index in [1.54, 1.807) is 19.1 Å². The quantitative estimate of drug-likeness (QED) is 0.126. The summed E-state index contributed by atoms with van der Waals surface area (Å²) in [4.78, 5) is 0. The summed E-state index contributed by atoms with van der Waals surface area (Å²) in [7, 11) is 0. The van der Waals surface area contributed by atoms with Crippen LogP contribution in [0.2, 0.25) is 0 Å². The number of hydrogen-bond donors (Lipinski definition) is 0. The molecule has 5 aromatic rings. The molecule has 44 heavy (non-hydrogen) atoms. The highest BCUT2D eigenvalue weighted by Gasteiger charge is 2.38. The minimum absolute atomic E-state index is 0.0652. The van der Waals surface area contributed by atoms with Crippen LogP contribution in [-0.2, 0) is 12.6 Å². The Hall–Kier alpha value is -4.59. The lowest BCUT2D eigenvalue weighted by atomic mass is 9.94. The van der Waals surface area contributed by atoms with Crippen molar-refractivity contribution < 1.29 is 35.5 Å². The minimum Gasteiger partial charge on any atom is -0.491 e. The summed E-state index contributed by atoms with van der Waals surface area (Å²) in [6.45, 7) is 3.75. The molecule has 0 aliphatic rings. The lowest BCUT2D eigenvalue weighted by Crippen LogP contribution is -2.12. The molecule has 0 fully saturated rings. The van der Waals surface area contributed by atoms with Gasteiger partial charge in [0.25, 0.3) is 0 Å². The maximum absolute atomic E-state index is 15.6. The number of rotatable bonds is 8. The molecule has 5 rings (SSSR count). The van der Waals surface area contributed by atoms with Crippen molar-refractivity contribution in [2.75, 3.05) is 6.61 Å². The number of alkyl halides is 3. The molecule has 0 aromatic heterocycles. The van der Waals surface area contributed by atoms with Crippen LogP contribution in [0.5, 0.6) is 5.75 Å². The lowest BCUT2D eigenvalue weighted by molar-refractivity contribution is -0.140. The van der Waals surface area contributed by atoms with E-state index >= 15 is 13.2 Å². The van der Waals surface area contributed by atoms with Gasteiger partial charge in [-0.05, 0) is 58.7 Å². The first kappa shape index (κ1) is 30.9. The summed E-state index contributed by atoms with van der Waals surface area (Å²) in [5, 5.41) is -0.912. The molecule has 0 spiro atoms. The third-order valence-corrected chi connectivity index (χ3v) is 7.33. The van der Waals surface area contributed by atoms with Gasteiger partial charge in [0.2, 0.25) is 0 Å². The zero-order valence-electron chi connectivity index (χ0n) is 23.8. The predicted octanol–water partition coefficient (Wildman–Crippen LogP) is 11.3. The summed E-state index contributed by atoms with van der Waals surface area (Å²) < 4.78 is 108. The number of benzene rings is 5. The number of hydrogen-bond acceptors (Lipinski definition) is 1. The Balaban J connectivity index is 1.50. The molecule has 0 heterocycles. The number of aryl methyl sites for hydroxylation is 1. The smallest absolute Gasteiger partial charge is 0.419 e. The van der Waals surface area contributed by atoms with Crippen LogP contribution in [0, 0.1) is 23.3 Å². The molecular weight excluding hydrogens is 581 g/mol. The monoisotopic (exact) mass is 608 g/mol. The van der Waals surface area contributed by atoms with Gasteiger partial charge in [-0.15, -0.1) is 0 Å². The Labute approximate surface area is 250 Å². The van der Waals surface area contributed by atoms with Crippen molar-refractivity contribution in [1.82, 2.24) is 0 Å². The Kier molecular flexibility index (Phi) is 8.81. The SMILES string of the molecule is CCCc1ccc(-c2ccc(C=Cc3ccc(-c4cc5ccc(OCC)c(F)c5c(F)c4F)c(F)c3C(F)(F)F)cc2)cc1. The van der Waals surface area contributed by atoms with Crippen LogP contribution >= 0.6 is 0 Å². The summed E-state index contributed by atoms with van der Waals surface area (Å²) in [5.74, 6) is -6.59. The molecule has 5 aromatic carbocycles. The molecular formula is C36H27F7O. The molecule has 0 amide bonds. The molecule has 0 atom stereocenters. The van der Waals surface area contributed by atoms with Crippen molar-refractivity contribution in [3.05, 3.63) is 124 Å². The van der Waals surface area contributed by atoms with Crippen molar-refractivity contribution in [2.45, 2.75) is 32.9 Å². The van der Waals surface area contributed by atoms with Crippen molar-refractivity contribution in [3.8, 4) is 28.0 Å². The van der Waals surface area contributed by atoms with Crippen LogP contribution in [0.25, 0.3) is 45.2 Å². The number of ether oxygens (including phenoxy) is 1. The van der Waals surface area contributed by atoms with E-state index in [-0.39, 0.29) is 17.7 Å². The maximum atomic E-state index is 15.6. The lowest BCUT2D eigenvalue weighted by Gasteiger charge is -2.16. The highest BCUT2D eigenvalue weighted by Crippen LogP contribution is 2.41. The van der Waals surface area contributed by atoms with Crippen LogP contribution in [0.1, 0.15) is 42.5 Å². The van der Waals surface area contributed by atoms with Crippen molar-refractivity contribution >= 4 is 22.9 Å². The summed E-state index contributed by atoms with van der Waals surface area (Å²) in [5.41, 5.74) is 0.0171. The van der Waals surface area contributed by atoms with Gasteiger partial charge in [-0.1, -0.05) is 92.2 Å². The fourth-order valence-corrected chi connectivity index (χ4v) is 5.18. The van der Waals surface area contributed by atoms with Crippen LogP contribution in [0.4, 0.5) is 30.7 Å². The topological polar surface area (TPSA) is 9.23 Å². The average Bonchev–Trinajstić information content (AvgIpc) is 2.99. The molecule has 226 valence electrons. The van der Waals surface area contributed by atoms with Crippen LogP contribution < -0.4 is 4.74 Å². The first-order valence-electron chi connectivity index (χ1n) is 14.0. The van der Waals surface area contributed by atoms with E-state index in [0.29, 0.717) is 5.56 Å². The molecule has 0 saturated heterocycles. The Morgan fingerprint density at radius 3 is 1.93 bits per heavy atom. The van der Waals surface area contributed by atoms with Gasteiger partial charge >= 0.3 is 6.18 Å². The molecule has 0 unspecified atom stereocenters. The van der Waals surface area contributed by atoms with Gasteiger partial charge < -0.3 is 4.74 Å². The largest absolute Gasteiger partial charge is 0.491 e. The zero-order chi connectivity index (χ0) is 31.6. The van der Waals surface area contributed by atoms with E-state index in [1.807, 2.05) is 24.3 Å². The summed E-state index contributed by atoms with van der Waals surface area (Å²) in [6.07, 6.45) is -0.606. The van der Waals surface area contributed by atoms with Gasteiger partial charge in [0.15, 0.2) is 23.2 Å². The molecule has 0 radical (unpaired) electrons. The van der Waals surface area contributed by atoms with Crippen LogP contribution in [0.15, 0.2) is 78.9 Å². The first-order valence-corrected chi connectivity index (χ1v) is 14.0. The predicted molar refractivity (Wildman–Crippen MR) is 160 cm³/mol. The van der Waals surface area contributed by atoms with Crippen LogP contribution in [-0.4, -0.2) is 6.61 Å². The van der Waals surface area contributed by atoms with Gasteiger partial charge in [-0.2, -0.15) is 13.2 Å². The van der Waals surface area contributed by atoms with E-state index in [1.165, 1.54) is 23.8 Å². The van der Waals surface area contributed by atoms with E-state index in [0.717, 1.165) is 48.2 Å². The molecule has 1 nitrogen and oxygen atoms in total.